The highest BCUT2D eigenvalue weighted by molar-refractivity contribution is 5.85. The second kappa shape index (κ2) is 9.36. The Morgan fingerprint density at radius 3 is 2.61 bits per heavy atom. The largest absolute Gasteiger partial charge is 0.384 e. The number of nitrogens with one attached hydrogen (secondary N) is 1. The molecule has 1 aromatic rings. The van der Waals surface area contributed by atoms with E-state index in [0.717, 1.165) is 25.2 Å². The highest BCUT2D eigenvalue weighted by Crippen LogP contribution is 2.27. The molecule has 1 atom stereocenters. The van der Waals surface area contributed by atoms with E-state index in [0.29, 0.717) is 13.0 Å². The van der Waals surface area contributed by atoms with Gasteiger partial charge in [0.05, 0.1) is 0 Å². The third-order valence-corrected chi connectivity index (χ3v) is 4.46. The second-order valence-corrected chi connectivity index (χ2v) is 6.69. The van der Waals surface area contributed by atoms with Gasteiger partial charge >= 0.3 is 0 Å². The van der Waals surface area contributed by atoms with Crippen molar-refractivity contribution in [3.05, 3.63) is 29.8 Å². The molecule has 0 bridgehead atoms. The zero-order valence-electron chi connectivity index (χ0n) is 14.2. The normalized spacial score (nSPS) is 19.3. The number of piperidine rings is 1. The molecular formula is C17H29Cl2N3O. The van der Waals surface area contributed by atoms with Crippen LogP contribution in [0.25, 0.3) is 0 Å². The summed E-state index contributed by atoms with van der Waals surface area (Å²) in [4.78, 5) is 14.3. The minimum absolute atomic E-state index is 0. The Bertz CT molecular complexity index is 508. The first-order valence-electron chi connectivity index (χ1n) is 7.73. The van der Waals surface area contributed by atoms with E-state index in [2.05, 4.69) is 32.2 Å². The van der Waals surface area contributed by atoms with E-state index >= 15 is 0 Å². The van der Waals surface area contributed by atoms with Gasteiger partial charge in [0.2, 0.25) is 5.91 Å². The number of hydrogen-bond donors (Lipinski definition) is 2. The van der Waals surface area contributed by atoms with Gasteiger partial charge in [-0.3, -0.25) is 4.79 Å². The van der Waals surface area contributed by atoms with E-state index in [9.17, 15) is 4.79 Å². The molecule has 1 aromatic carbocycles. The van der Waals surface area contributed by atoms with Crippen LogP contribution in [-0.2, 0) is 4.79 Å². The summed E-state index contributed by atoms with van der Waals surface area (Å²) in [5.74, 6) is 0.219. The quantitative estimate of drug-likeness (QED) is 0.865. The lowest BCUT2D eigenvalue weighted by Gasteiger charge is -2.42. The van der Waals surface area contributed by atoms with Crippen molar-refractivity contribution in [1.29, 1.82) is 0 Å². The van der Waals surface area contributed by atoms with Crippen molar-refractivity contribution >= 4 is 36.4 Å². The summed E-state index contributed by atoms with van der Waals surface area (Å²) in [5.41, 5.74) is 8.44. The maximum absolute atomic E-state index is 12.3. The van der Waals surface area contributed by atoms with Crippen LogP contribution in [0.5, 0.6) is 0 Å². The zero-order chi connectivity index (χ0) is 15.5. The first kappa shape index (κ1) is 22.0. The molecule has 0 aliphatic carbocycles. The smallest absolute Gasteiger partial charge is 0.224 e. The average molecular weight is 362 g/mol. The summed E-state index contributed by atoms with van der Waals surface area (Å²) in [7, 11) is 0. The van der Waals surface area contributed by atoms with Crippen molar-refractivity contribution in [2.75, 3.05) is 25.0 Å². The number of carbonyl (C=O) groups is 1. The summed E-state index contributed by atoms with van der Waals surface area (Å²) in [5, 5.41) is 3.34. The predicted molar refractivity (Wildman–Crippen MR) is 102 cm³/mol. The standard InChI is InChI=1S/C17H27N3O.2ClH/c1-13-6-4-5-7-14(13)19-10-8-16(21)20-11-9-15(18)17(2,3)12-20;;/h4-7,15,19H,8-12,18H2,1-3H3;2*1H. The number of benzene rings is 1. The molecule has 3 N–H and O–H groups in total. The van der Waals surface area contributed by atoms with Crippen molar-refractivity contribution in [1.82, 2.24) is 4.90 Å². The van der Waals surface area contributed by atoms with Crippen LogP contribution in [-0.4, -0.2) is 36.5 Å². The van der Waals surface area contributed by atoms with E-state index in [1.54, 1.807) is 0 Å². The number of nitrogens with two attached hydrogens (primary N) is 1. The Morgan fingerprint density at radius 2 is 2.00 bits per heavy atom. The molecule has 0 spiro atoms. The Labute approximate surface area is 152 Å². The van der Waals surface area contributed by atoms with Gasteiger partial charge in [-0.25, -0.2) is 0 Å². The predicted octanol–water partition coefficient (Wildman–Crippen LogP) is 3.23. The van der Waals surface area contributed by atoms with Crippen LogP contribution >= 0.6 is 24.8 Å². The monoisotopic (exact) mass is 361 g/mol. The van der Waals surface area contributed by atoms with Gasteiger partial charge in [0.25, 0.3) is 0 Å². The number of likely N-dealkylation sites (tertiary alicyclic amines) is 1. The van der Waals surface area contributed by atoms with Gasteiger partial charge in [-0.2, -0.15) is 0 Å². The van der Waals surface area contributed by atoms with Gasteiger partial charge in [0, 0.05) is 37.8 Å². The molecule has 4 nitrogen and oxygen atoms in total. The SMILES string of the molecule is Cc1ccccc1NCCC(=O)N1CCC(N)C(C)(C)C1.Cl.Cl. The molecule has 0 saturated carbocycles. The molecule has 1 aliphatic rings. The van der Waals surface area contributed by atoms with Gasteiger partial charge in [0.1, 0.15) is 0 Å². The zero-order valence-corrected chi connectivity index (χ0v) is 15.8. The second-order valence-electron chi connectivity index (χ2n) is 6.69. The van der Waals surface area contributed by atoms with Gasteiger partial charge in [0.15, 0.2) is 0 Å². The summed E-state index contributed by atoms with van der Waals surface area (Å²) in [6.45, 7) is 8.57. The molecule has 6 heteroatoms. The molecule has 1 unspecified atom stereocenters. The number of amides is 1. The summed E-state index contributed by atoms with van der Waals surface area (Å²) >= 11 is 0. The summed E-state index contributed by atoms with van der Waals surface area (Å²) in [6.07, 6.45) is 1.42. The number of hydrogen-bond acceptors (Lipinski definition) is 3. The summed E-state index contributed by atoms with van der Waals surface area (Å²) < 4.78 is 0. The van der Waals surface area contributed by atoms with E-state index in [4.69, 9.17) is 5.73 Å². The maximum Gasteiger partial charge on any atom is 0.224 e. The lowest BCUT2D eigenvalue weighted by Crippen LogP contribution is -2.54. The Morgan fingerprint density at radius 1 is 1.35 bits per heavy atom. The Hall–Kier alpha value is -0.970. The molecule has 23 heavy (non-hydrogen) atoms. The fourth-order valence-electron chi connectivity index (χ4n) is 2.82. The van der Waals surface area contributed by atoms with E-state index < -0.39 is 0 Å². The highest BCUT2D eigenvalue weighted by atomic mass is 35.5. The van der Waals surface area contributed by atoms with Crippen molar-refractivity contribution in [2.45, 2.75) is 39.7 Å². The molecule has 1 aliphatic heterocycles. The maximum atomic E-state index is 12.3. The molecule has 132 valence electrons. The lowest BCUT2D eigenvalue weighted by molar-refractivity contribution is -0.134. The lowest BCUT2D eigenvalue weighted by atomic mass is 9.79. The van der Waals surface area contributed by atoms with Crippen molar-refractivity contribution < 1.29 is 4.79 Å². The van der Waals surface area contributed by atoms with Crippen LogP contribution in [0.1, 0.15) is 32.3 Å². The number of rotatable bonds is 4. The fraction of sp³-hybridized carbons (Fsp3) is 0.588. The third-order valence-electron chi connectivity index (χ3n) is 4.46. The number of carbonyl (C=O) groups excluding carboxylic acids is 1. The molecule has 0 radical (unpaired) electrons. The highest BCUT2D eigenvalue weighted by Gasteiger charge is 2.34. The van der Waals surface area contributed by atoms with E-state index in [1.165, 1.54) is 5.56 Å². The van der Waals surface area contributed by atoms with Gasteiger partial charge in [-0.15, -0.1) is 24.8 Å². The van der Waals surface area contributed by atoms with E-state index in [-0.39, 0.29) is 42.2 Å². The summed E-state index contributed by atoms with van der Waals surface area (Å²) in [6, 6.07) is 8.32. The van der Waals surface area contributed by atoms with Crippen LogP contribution in [0.2, 0.25) is 0 Å². The Balaban J connectivity index is 0.00000242. The van der Waals surface area contributed by atoms with E-state index in [1.807, 2.05) is 23.1 Å². The molecule has 1 heterocycles. The van der Waals surface area contributed by atoms with Crippen LogP contribution in [0.3, 0.4) is 0 Å². The number of halogens is 2. The average Bonchev–Trinajstić information content (AvgIpc) is 2.43. The van der Waals surface area contributed by atoms with Crippen LogP contribution in [0, 0.1) is 12.3 Å². The number of para-hydroxylation sites is 1. The fourth-order valence-corrected chi connectivity index (χ4v) is 2.82. The van der Waals surface area contributed by atoms with Crippen LogP contribution < -0.4 is 11.1 Å². The molecule has 1 saturated heterocycles. The number of anilines is 1. The van der Waals surface area contributed by atoms with Crippen LogP contribution in [0.4, 0.5) is 5.69 Å². The van der Waals surface area contributed by atoms with Gasteiger partial charge in [-0.1, -0.05) is 32.0 Å². The van der Waals surface area contributed by atoms with Crippen molar-refractivity contribution in [2.24, 2.45) is 11.1 Å². The topological polar surface area (TPSA) is 58.4 Å². The van der Waals surface area contributed by atoms with Gasteiger partial charge < -0.3 is 16.0 Å². The molecule has 2 rings (SSSR count). The molecule has 1 fully saturated rings. The first-order chi connectivity index (χ1) is 9.90. The Kier molecular flexibility index (Phi) is 8.96. The van der Waals surface area contributed by atoms with Crippen LogP contribution in [0.15, 0.2) is 24.3 Å². The first-order valence-corrected chi connectivity index (χ1v) is 7.73. The minimum atomic E-state index is 0. The van der Waals surface area contributed by atoms with Crippen molar-refractivity contribution in [3.63, 3.8) is 0 Å². The minimum Gasteiger partial charge on any atom is -0.384 e. The number of nitrogens with zero attached hydrogens (tertiary/aromatic N) is 1. The van der Waals surface area contributed by atoms with Crippen molar-refractivity contribution in [3.8, 4) is 0 Å². The molecular weight excluding hydrogens is 333 g/mol. The number of aryl methyl sites for hydroxylation is 1. The third kappa shape index (κ3) is 5.87. The molecule has 0 aromatic heterocycles. The van der Waals surface area contributed by atoms with Gasteiger partial charge in [-0.05, 0) is 30.4 Å². The molecule has 1 amide bonds.